The number of amides is 1. The van der Waals surface area contributed by atoms with Crippen LogP contribution < -0.4 is 10.6 Å². The number of primary amides is 1. The SMILES string of the molecule is NC(=O)CONS(=O)(=O)c1cc([N+](=O)[O-])c(F)cc1F. The van der Waals surface area contributed by atoms with Crippen molar-refractivity contribution in [2.45, 2.75) is 4.90 Å². The van der Waals surface area contributed by atoms with Gasteiger partial charge in [-0.2, -0.15) is 4.39 Å². The molecule has 0 spiro atoms. The van der Waals surface area contributed by atoms with Gasteiger partial charge in [0.15, 0.2) is 0 Å². The molecule has 0 saturated heterocycles. The summed E-state index contributed by atoms with van der Waals surface area (Å²) in [5.41, 5.74) is 3.43. The number of carbonyl (C=O) groups excluding carboxylic acids is 1. The van der Waals surface area contributed by atoms with E-state index >= 15 is 0 Å². The zero-order valence-corrected chi connectivity index (χ0v) is 10.3. The second-order valence-corrected chi connectivity index (χ2v) is 4.95. The predicted octanol–water partition coefficient (Wildman–Crippen LogP) is -0.432. The van der Waals surface area contributed by atoms with Gasteiger partial charge in [0.05, 0.1) is 4.92 Å². The third kappa shape index (κ3) is 3.66. The van der Waals surface area contributed by atoms with Crippen LogP contribution in [0.4, 0.5) is 14.5 Å². The van der Waals surface area contributed by atoms with E-state index in [1.165, 1.54) is 4.89 Å². The van der Waals surface area contributed by atoms with Crippen molar-refractivity contribution in [3.05, 3.63) is 33.9 Å². The molecular weight excluding hydrogens is 304 g/mol. The average Bonchev–Trinajstić information content (AvgIpc) is 2.26. The Labute approximate surface area is 110 Å². The molecule has 0 unspecified atom stereocenters. The molecule has 0 fully saturated rings. The lowest BCUT2D eigenvalue weighted by molar-refractivity contribution is -0.387. The molecule has 20 heavy (non-hydrogen) atoms. The van der Waals surface area contributed by atoms with Crippen LogP contribution in [0.1, 0.15) is 0 Å². The molecule has 0 bridgehead atoms. The van der Waals surface area contributed by atoms with Crippen LogP contribution in [-0.2, 0) is 19.7 Å². The Kier molecular flexibility index (Phi) is 4.65. The molecule has 0 aliphatic carbocycles. The van der Waals surface area contributed by atoms with E-state index in [-0.39, 0.29) is 12.1 Å². The highest BCUT2D eigenvalue weighted by atomic mass is 32.2. The third-order valence-electron chi connectivity index (χ3n) is 1.87. The smallest absolute Gasteiger partial charge is 0.306 e. The van der Waals surface area contributed by atoms with Crippen LogP contribution in [0.3, 0.4) is 0 Å². The maximum atomic E-state index is 13.3. The summed E-state index contributed by atoms with van der Waals surface area (Å²) in [6, 6.07) is 0.224. The number of halogens is 2. The molecule has 0 aromatic heterocycles. The van der Waals surface area contributed by atoms with Crippen LogP contribution in [-0.4, -0.2) is 25.9 Å². The fourth-order valence-electron chi connectivity index (χ4n) is 1.09. The van der Waals surface area contributed by atoms with E-state index in [4.69, 9.17) is 0 Å². The Morgan fingerprint density at radius 2 is 2.00 bits per heavy atom. The average molecular weight is 311 g/mol. The summed E-state index contributed by atoms with van der Waals surface area (Å²) in [5.74, 6) is -4.12. The normalized spacial score (nSPS) is 11.3. The molecule has 0 heterocycles. The minimum atomic E-state index is -4.69. The molecule has 0 aliphatic heterocycles. The van der Waals surface area contributed by atoms with Gasteiger partial charge in [-0.1, -0.05) is 4.89 Å². The summed E-state index contributed by atoms with van der Waals surface area (Å²) < 4.78 is 49.5. The predicted molar refractivity (Wildman–Crippen MR) is 58.5 cm³/mol. The van der Waals surface area contributed by atoms with Crippen molar-refractivity contribution in [1.29, 1.82) is 0 Å². The standard InChI is InChI=1S/C8H7F2N3O6S/c9-4-1-5(10)7(2-6(4)13(15)16)20(17,18)12-19-3-8(11)14/h1-2,12H,3H2,(H2,11,14). The Morgan fingerprint density at radius 1 is 1.40 bits per heavy atom. The van der Waals surface area contributed by atoms with Gasteiger partial charge < -0.3 is 5.73 Å². The molecule has 1 aromatic rings. The summed E-state index contributed by atoms with van der Waals surface area (Å²) in [4.78, 5) is 23.8. The highest BCUT2D eigenvalue weighted by Crippen LogP contribution is 2.24. The van der Waals surface area contributed by atoms with Crippen molar-refractivity contribution in [3.8, 4) is 0 Å². The van der Waals surface area contributed by atoms with E-state index in [1.807, 2.05) is 0 Å². The van der Waals surface area contributed by atoms with E-state index in [0.717, 1.165) is 0 Å². The summed E-state index contributed by atoms with van der Waals surface area (Å²) in [5, 5.41) is 10.5. The maximum Gasteiger partial charge on any atom is 0.306 e. The summed E-state index contributed by atoms with van der Waals surface area (Å²) in [6.07, 6.45) is 0. The van der Waals surface area contributed by atoms with E-state index in [2.05, 4.69) is 10.6 Å². The van der Waals surface area contributed by atoms with Crippen LogP contribution in [0.25, 0.3) is 0 Å². The molecule has 12 heteroatoms. The molecule has 0 radical (unpaired) electrons. The van der Waals surface area contributed by atoms with Gasteiger partial charge >= 0.3 is 5.69 Å². The number of nitrogens with one attached hydrogen (secondary N) is 1. The number of carbonyl (C=O) groups is 1. The summed E-state index contributed by atoms with van der Waals surface area (Å²) >= 11 is 0. The molecule has 9 nitrogen and oxygen atoms in total. The van der Waals surface area contributed by atoms with Crippen molar-refractivity contribution in [2.24, 2.45) is 5.73 Å². The van der Waals surface area contributed by atoms with Crippen molar-refractivity contribution in [2.75, 3.05) is 6.61 Å². The lowest BCUT2D eigenvalue weighted by Crippen LogP contribution is -2.30. The van der Waals surface area contributed by atoms with Gasteiger partial charge in [-0.15, -0.1) is 0 Å². The van der Waals surface area contributed by atoms with Crippen LogP contribution in [0.5, 0.6) is 0 Å². The number of nitrogens with zero attached hydrogens (tertiary/aromatic N) is 1. The van der Waals surface area contributed by atoms with Crippen LogP contribution in [0.15, 0.2) is 17.0 Å². The van der Waals surface area contributed by atoms with Crippen LogP contribution in [0.2, 0.25) is 0 Å². The number of rotatable bonds is 6. The Morgan fingerprint density at radius 3 is 2.50 bits per heavy atom. The van der Waals surface area contributed by atoms with Crippen LogP contribution >= 0.6 is 0 Å². The molecule has 0 aliphatic rings. The number of nitrogens with two attached hydrogens (primary N) is 1. The quantitative estimate of drug-likeness (QED) is 0.539. The maximum absolute atomic E-state index is 13.3. The first-order chi connectivity index (χ1) is 9.15. The fraction of sp³-hybridized carbons (Fsp3) is 0.125. The van der Waals surface area contributed by atoms with Gasteiger partial charge in [-0.25, -0.2) is 12.8 Å². The number of benzene rings is 1. The third-order valence-corrected chi connectivity index (χ3v) is 3.10. The minimum Gasteiger partial charge on any atom is -0.368 e. The highest BCUT2D eigenvalue weighted by Gasteiger charge is 2.26. The largest absolute Gasteiger partial charge is 0.368 e. The minimum absolute atomic E-state index is 0.0424. The first kappa shape index (κ1) is 15.9. The van der Waals surface area contributed by atoms with E-state index < -0.39 is 49.7 Å². The molecule has 1 aromatic carbocycles. The van der Waals surface area contributed by atoms with Gasteiger partial charge in [-0.05, 0) is 0 Å². The zero-order valence-electron chi connectivity index (χ0n) is 9.50. The lowest BCUT2D eigenvalue weighted by Gasteiger charge is -2.07. The van der Waals surface area contributed by atoms with Gasteiger partial charge in [0, 0.05) is 12.1 Å². The molecular formula is C8H7F2N3O6S. The van der Waals surface area contributed by atoms with Gasteiger partial charge in [0.25, 0.3) is 10.0 Å². The molecule has 1 amide bonds. The van der Waals surface area contributed by atoms with E-state index in [0.29, 0.717) is 0 Å². The van der Waals surface area contributed by atoms with Crippen LogP contribution in [0, 0.1) is 21.7 Å². The first-order valence-corrected chi connectivity index (χ1v) is 6.19. The van der Waals surface area contributed by atoms with E-state index in [1.54, 1.807) is 0 Å². The lowest BCUT2D eigenvalue weighted by atomic mass is 10.3. The topological polar surface area (TPSA) is 142 Å². The highest BCUT2D eigenvalue weighted by molar-refractivity contribution is 7.89. The summed E-state index contributed by atoms with van der Waals surface area (Å²) in [6.45, 7) is -0.843. The second kappa shape index (κ2) is 5.85. The van der Waals surface area contributed by atoms with Gasteiger partial charge in [-0.3, -0.25) is 19.7 Å². The molecule has 0 saturated carbocycles. The van der Waals surface area contributed by atoms with Crippen molar-refractivity contribution in [3.63, 3.8) is 0 Å². The number of nitro benzene ring substituents is 1. The van der Waals surface area contributed by atoms with Gasteiger partial charge in [0.2, 0.25) is 11.7 Å². The first-order valence-electron chi connectivity index (χ1n) is 4.70. The Bertz CT molecular complexity index is 662. The monoisotopic (exact) mass is 311 g/mol. The second-order valence-electron chi connectivity index (χ2n) is 3.33. The molecule has 0 atom stereocenters. The molecule has 110 valence electrons. The zero-order chi connectivity index (χ0) is 15.5. The fourth-order valence-corrected chi connectivity index (χ4v) is 1.97. The Hall–Kier alpha value is -2.18. The van der Waals surface area contributed by atoms with Crippen molar-refractivity contribution in [1.82, 2.24) is 4.89 Å². The Balaban J connectivity index is 3.14. The van der Waals surface area contributed by atoms with Crippen molar-refractivity contribution < 1.29 is 31.8 Å². The number of hydrogen-bond acceptors (Lipinski definition) is 6. The molecule has 3 N–H and O–H groups in total. The van der Waals surface area contributed by atoms with E-state index in [9.17, 15) is 32.1 Å². The molecule has 1 rings (SSSR count). The number of nitro groups is 1. The number of sulfonamides is 1. The van der Waals surface area contributed by atoms with Crippen molar-refractivity contribution >= 4 is 21.6 Å². The summed E-state index contributed by atoms with van der Waals surface area (Å²) in [7, 11) is -4.69. The number of hydrogen-bond donors (Lipinski definition) is 2. The van der Waals surface area contributed by atoms with Gasteiger partial charge in [0.1, 0.15) is 17.3 Å².